The molecule has 3 N–H and O–H groups in total. The SMILES string of the molecule is O=C1NCCCCCCCCCCCCNC(=O)O[C@@H](C(=O)O)CO1. The predicted molar refractivity (Wildman–Crippen MR) is 91.4 cm³/mol. The number of alkyl carbamates (subject to hydrolysis) is 2. The quantitative estimate of drug-likeness (QED) is 0.664. The standard InChI is InChI=1S/C17H30N2O6/c20-15(21)14-13-24-16(22)18-11-9-7-5-3-1-2-4-6-8-10-12-19-17(23)25-14/h14H,1-13H2,(H,18,22)(H,19,23)(H,20,21)/t14-/m1/s1. The highest BCUT2D eigenvalue weighted by Crippen LogP contribution is 2.10. The van der Waals surface area contributed by atoms with Crippen molar-refractivity contribution in [2.24, 2.45) is 0 Å². The molecule has 0 unspecified atom stereocenters. The number of carboxylic acids is 1. The third-order valence-electron chi connectivity index (χ3n) is 4.03. The Morgan fingerprint density at radius 3 is 1.72 bits per heavy atom. The average Bonchev–Trinajstić information content (AvgIpc) is 2.57. The van der Waals surface area contributed by atoms with Gasteiger partial charge in [0.2, 0.25) is 6.10 Å². The molecule has 144 valence electrons. The molecule has 0 aromatic rings. The first kappa shape index (κ1) is 21.1. The second kappa shape index (κ2) is 13.3. The summed E-state index contributed by atoms with van der Waals surface area (Å²) in [5.41, 5.74) is 0. The number of amides is 2. The van der Waals surface area contributed by atoms with Crippen molar-refractivity contribution < 1.29 is 29.0 Å². The Morgan fingerprint density at radius 1 is 0.800 bits per heavy atom. The van der Waals surface area contributed by atoms with Crippen molar-refractivity contribution in [1.29, 1.82) is 0 Å². The Balaban J connectivity index is 2.42. The lowest BCUT2D eigenvalue weighted by Gasteiger charge is -2.15. The van der Waals surface area contributed by atoms with Crippen LogP contribution in [0.5, 0.6) is 0 Å². The van der Waals surface area contributed by atoms with E-state index >= 15 is 0 Å². The van der Waals surface area contributed by atoms with Crippen LogP contribution in [0.4, 0.5) is 9.59 Å². The fourth-order valence-electron chi connectivity index (χ4n) is 2.57. The molecule has 0 radical (unpaired) electrons. The molecule has 8 nitrogen and oxygen atoms in total. The van der Waals surface area contributed by atoms with Gasteiger partial charge in [-0.1, -0.05) is 51.4 Å². The monoisotopic (exact) mass is 358 g/mol. The van der Waals surface area contributed by atoms with E-state index in [9.17, 15) is 14.4 Å². The van der Waals surface area contributed by atoms with Crippen LogP contribution in [-0.2, 0) is 14.3 Å². The molecule has 1 saturated heterocycles. The van der Waals surface area contributed by atoms with Crippen molar-refractivity contribution in [3.63, 3.8) is 0 Å². The summed E-state index contributed by atoms with van der Waals surface area (Å²) in [6.07, 6.45) is 7.85. The number of carboxylic acid groups (broad SMARTS) is 1. The van der Waals surface area contributed by atoms with Crippen molar-refractivity contribution >= 4 is 18.2 Å². The number of cyclic esters (lactones) is 2. The Kier molecular flexibility index (Phi) is 11.2. The van der Waals surface area contributed by atoms with Crippen molar-refractivity contribution in [2.45, 2.75) is 70.3 Å². The van der Waals surface area contributed by atoms with Gasteiger partial charge in [-0.25, -0.2) is 14.4 Å². The molecule has 0 aliphatic carbocycles. The number of nitrogens with one attached hydrogen (secondary N) is 2. The van der Waals surface area contributed by atoms with Crippen LogP contribution < -0.4 is 10.6 Å². The van der Waals surface area contributed by atoms with Gasteiger partial charge < -0.3 is 25.2 Å². The fraction of sp³-hybridized carbons (Fsp3) is 0.824. The van der Waals surface area contributed by atoms with E-state index in [1.165, 1.54) is 25.7 Å². The number of carbonyl (C=O) groups is 3. The maximum Gasteiger partial charge on any atom is 0.408 e. The maximum atomic E-state index is 11.6. The Hall–Kier alpha value is -1.99. The smallest absolute Gasteiger partial charge is 0.408 e. The van der Waals surface area contributed by atoms with Gasteiger partial charge in [0.15, 0.2) is 0 Å². The van der Waals surface area contributed by atoms with Crippen LogP contribution in [0.2, 0.25) is 0 Å². The summed E-state index contributed by atoms with van der Waals surface area (Å²) in [6, 6.07) is 0. The Bertz CT molecular complexity index is 416. The van der Waals surface area contributed by atoms with E-state index < -0.39 is 30.9 Å². The fourth-order valence-corrected chi connectivity index (χ4v) is 2.57. The predicted octanol–water partition coefficient (Wildman–Crippen LogP) is 2.81. The minimum Gasteiger partial charge on any atom is -0.478 e. The number of ether oxygens (including phenoxy) is 2. The van der Waals surface area contributed by atoms with Gasteiger partial charge in [0.25, 0.3) is 0 Å². The second-order valence-corrected chi connectivity index (χ2v) is 6.22. The molecule has 1 aliphatic rings. The molecule has 0 aromatic heterocycles. The van der Waals surface area contributed by atoms with Gasteiger partial charge in [0.05, 0.1) is 0 Å². The van der Waals surface area contributed by atoms with Crippen LogP contribution in [0.25, 0.3) is 0 Å². The summed E-state index contributed by atoms with van der Waals surface area (Å²) in [6.45, 7) is 0.402. The molecule has 1 atom stereocenters. The molecule has 0 saturated carbocycles. The largest absolute Gasteiger partial charge is 0.478 e. The Labute approximate surface area is 148 Å². The van der Waals surface area contributed by atoms with Crippen molar-refractivity contribution in [1.82, 2.24) is 10.6 Å². The van der Waals surface area contributed by atoms with E-state index in [4.69, 9.17) is 14.6 Å². The second-order valence-electron chi connectivity index (χ2n) is 6.22. The molecular weight excluding hydrogens is 328 g/mol. The van der Waals surface area contributed by atoms with Crippen molar-refractivity contribution in [2.75, 3.05) is 19.7 Å². The number of aliphatic carboxylic acids is 1. The van der Waals surface area contributed by atoms with Crippen LogP contribution in [0.1, 0.15) is 64.2 Å². The summed E-state index contributed by atoms with van der Waals surface area (Å²) in [7, 11) is 0. The van der Waals surface area contributed by atoms with E-state index in [0.29, 0.717) is 13.1 Å². The Morgan fingerprint density at radius 2 is 1.24 bits per heavy atom. The highest BCUT2D eigenvalue weighted by molar-refractivity contribution is 5.77. The molecule has 1 rings (SSSR count). The summed E-state index contributed by atoms with van der Waals surface area (Å²) in [5.74, 6) is -1.36. The van der Waals surface area contributed by atoms with Gasteiger partial charge in [0, 0.05) is 13.1 Å². The van der Waals surface area contributed by atoms with Crippen LogP contribution in [0.3, 0.4) is 0 Å². The molecule has 2 amide bonds. The summed E-state index contributed by atoms with van der Waals surface area (Å²) >= 11 is 0. The van der Waals surface area contributed by atoms with Gasteiger partial charge in [-0.3, -0.25) is 0 Å². The lowest BCUT2D eigenvalue weighted by molar-refractivity contribution is -0.148. The van der Waals surface area contributed by atoms with Crippen LogP contribution in [0, 0.1) is 0 Å². The van der Waals surface area contributed by atoms with Crippen molar-refractivity contribution in [3.05, 3.63) is 0 Å². The van der Waals surface area contributed by atoms with Gasteiger partial charge in [-0.15, -0.1) is 0 Å². The molecule has 1 aliphatic heterocycles. The normalized spacial score (nSPS) is 23.3. The summed E-state index contributed by atoms with van der Waals surface area (Å²) < 4.78 is 9.60. The van der Waals surface area contributed by atoms with Crippen LogP contribution >= 0.6 is 0 Å². The summed E-state index contributed by atoms with van der Waals surface area (Å²) in [5, 5.41) is 14.1. The van der Waals surface area contributed by atoms with Gasteiger partial charge in [-0.05, 0) is 12.8 Å². The van der Waals surface area contributed by atoms with Gasteiger partial charge in [-0.2, -0.15) is 0 Å². The number of hydrogen-bond donors (Lipinski definition) is 3. The minimum absolute atomic E-state index is 0.437. The van der Waals surface area contributed by atoms with Crippen LogP contribution in [-0.4, -0.2) is 49.1 Å². The van der Waals surface area contributed by atoms with Crippen molar-refractivity contribution in [3.8, 4) is 0 Å². The zero-order chi connectivity index (χ0) is 18.3. The van der Waals surface area contributed by atoms with Gasteiger partial charge >= 0.3 is 18.2 Å². The van der Waals surface area contributed by atoms with E-state index in [1.54, 1.807) is 0 Å². The first-order valence-corrected chi connectivity index (χ1v) is 9.17. The van der Waals surface area contributed by atoms with E-state index in [1.807, 2.05) is 0 Å². The molecule has 1 fully saturated rings. The first-order valence-electron chi connectivity index (χ1n) is 9.17. The maximum absolute atomic E-state index is 11.6. The van der Waals surface area contributed by atoms with Gasteiger partial charge in [0.1, 0.15) is 6.61 Å². The van der Waals surface area contributed by atoms with Crippen LogP contribution in [0.15, 0.2) is 0 Å². The molecule has 25 heavy (non-hydrogen) atoms. The molecule has 0 bridgehead atoms. The minimum atomic E-state index is -1.52. The number of carbonyl (C=O) groups excluding carboxylic acids is 2. The topological polar surface area (TPSA) is 114 Å². The third-order valence-corrected chi connectivity index (χ3v) is 4.03. The summed E-state index contributed by atoms with van der Waals surface area (Å²) in [4.78, 5) is 34.2. The lowest BCUT2D eigenvalue weighted by Crippen LogP contribution is -2.38. The molecule has 8 heteroatoms. The molecule has 1 heterocycles. The molecule has 0 aromatic carbocycles. The number of hydrogen-bond acceptors (Lipinski definition) is 5. The van der Waals surface area contributed by atoms with E-state index in [-0.39, 0.29) is 0 Å². The molecular formula is C17H30N2O6. The van der Waals surface area contributed by atoms with E-state index in [0.717, 1.165) is 38.5 Å². The average molecular weight is 358 g/mol. The number of rotatable bonds is 1. The highest BCUT2D eigenvalue weighted by atomic mass is 16.6. The lowest BCUT2D eigenvalue weighted by atomic mass is 10.1. The first-order chi connectivity index (χ1) is 12.1. The van der Waals surface area contributed by atoms with E-state index in [2.05, 4.69) is 10.6 Å². The zero-order valence-corrected chi connectivity index (χ0v) is 14.8. The highest BCUT2D eigenvalue weighted by Gasteiger charge is 2.24. The molecule has 0 spiro atoms. The third kappa shape index (κ3) is 11.2. The zero-order valence-electron chi connectivity index (χ0n) is 14.8.